The number of carbonyl (C=O) groups is 2. The molecule has 1 aliphatic heterocycles. The maximum atomic E-state index is 13.6. The van der Waals surface area contributed by atoms with Gasteiger partial charge in [-0.1, -0.05) is 36.4 Å². The number of benzene rings is 3. The Hall–Kier alpha value is -4.39. The second-order valence-corrected chi connectivity index (χ2v) is 7.83. The van der Waals surface area contributed by atoms with E-state index < -0.39 is 11.8 Å². The summed E-state index contributed by atoms with van der Waals surface area (Å²) in [5, 5.41) is 1.22. The van der Waals surface area contributed by atoms with Crippen LogP contribution in [-0.4, -0.2) is 18.4 Å². The number of hydrogen-bond donors (Lipinski definition) is 1. The van der Waals surface area contributed by atoms with Gasteiger partial charge < -0.3 is 9.47 Å². The van der Waals surface area contributed by atoms with E-state index in [9.17, 15) is 14.0 Å². The van der Waals surface area contributed by atoms with Gasteiger partial charge in [0, 0.05) is 5.56 Å². The molecule has 3 aromatic carbocycles. The van der Waals surface area contributed by atoms with Crippen LogP contribution in [0.25, 0.3) is 6.08 Å². The smallest absolute Gasteiger partial charge is 0.282 e. The summed E-state index contributed by atoms with van der Waals surface area (Å²) in [6, 6.07) is 18.6. The van der Waals surface area contributed by atoms with Gasteiger partial charge >= 0.3 is 0 Å². The van der Waals surface area contributed by atoms with E-state index in [0.717, 1.165) is 5.56 Å². The predicted molar refractivity (Wildman–Crippen MR) is 132 cm³/mol. The predicted octanol–water partition coefficient (Wildman–Crippen LogP) is 4.99. The van der Waals surface area contributed by atoms with E-state index >= 15 is 0 Å². The molecule has 178 valence electrons. The number of halogens is 1. The van der Waals surface area contributed by atoms with Crippen LogP contribution in [-0.2, 0) is 22.6 Å². The summed E-state index contributed by atoms with van der Waals surface area (Å²) in [5.41, 5.74) is 5.22. The average molecular weight is 473 g/mol. The SMILES string of the molecule is C=CCc1cc(C=C2C(=O)NN(c3ccccc3)C2=O)cc(OCC)c1OCc1cccc(F)c1. The molecule has 0 radical (unpaired) electrons. The number of carbonyl (C=O) groups excluding carboxylic acids is 2. The minimum atomic E-state index is -0.492. The lowest BCUT2D eigenvalue weighted by Crippen LogP contribution is -2.35. The third-order valence-electron chi connectivity index (χ3n) is 5.31. The number of hydrazine groups is 1. The fourth-order valence-corrected chi connectivity index (χ4v) is 3.77. The molecule has 7 heteroatoms. The second kappa shape index (κ2) is 10.7. The summed E-state index contributed by atoms with van der Waals surface area (Å²) in [6.07, 6.45) is 3.72. The number of allylic oxidation sites excluding steroid dienone is 1. The third-order valence-corrected chi connectivity index (χ3v) is 5.31. The first kappa shape index (κ1) is 23.8. The van der Waals surface area contributed by atoms with Gasteiger partial charge in [-0.15, -0.1) is 6.58 Å². The Morgan fingerprint density at radius 1 is 1.03 bits per heavy atom. The Bertz CT molecular complexity index is 1290. The zero-order chi connectivity index (χ0) is 24.8. The van der Waals surface area contributed by atoms with Gasteiger partial charge in [-0.3, -0.25) is 15.0 Å². The van der Waals surface area contributed by atoms with Crippen molar-refractivity contribution in [2.24, 2.45) is 0 Å². The maximum absolute atomic E-state index is 13.6. The minimum absolute atomic E-state index is 0.00860. The van der Waals surface area contributed by atoms with Crippen molar-refractivity contribution < 1.29 is 23.5 Å². The standard InChI is InChI=1S/C28H25FN2O4/c1-3-9-21-14-20(16-24-27(32)30-31(28(24)33)23-12-6-5-7-13-23)17-25(34-4-2)26(21)35-18-19-10-8-11-22(29)15-19/h3,5-8,10-17H,1,4,9,18H2,2H3,(H,30,32). The highest BCUT2D eigenvalue weighted by Crippen LogP contribution is 2.36. The third kappa shape index (κ3) is 5.41. The van der Waals surface area contributed by atoms with E-state index in [-0.39, 0.29) is 18.0 Å². The number of anilines is 1. The highest BCUT2D eigenvalue weighted by molar-refractivity contribution is 6.31. The molecule has 1 heterocycles. The molecule has 4 rings (SSSR count). The monoisotopic (exact) mass is 472 g/mol. The van der Waals surface area contributed by atoms with Gasteiger partial charge in [0.1, 0.15) is 18.0 Å². The lowest BCUT2D eigenvalue weighted by atomic mass is 10.0. The second-order valence-electron chi connectivity index (χ2n) is 7.83. The molecule has 0 atom stereocenters. The summed E-state index contributed by atoms with van der Waals surface area (Å²) in [7, 11) is 0. The molecule has 6 nitrogen and oxygen atoms in total. The zero-order valence-electron chi connectivity index (χ0n) is 19.3. The molecule has 0 aromatic heterocycles. The van der Waals surface area contributed by atoms with E-state index in [0.29, 0.717) is 41.3 Å². The van der Waals surface area contributed by atoms with Crippen molar-refractivity contribution in [2.75, 3.05) is 11.6 Å². The Morgan fingerprint density at radius 3 is 2.54 bits per heavy atom. The van der Waals surface area contributed by atoms with Crippen molar-refractivity contribution >= 4 is 23.6 Å². The average Bonchev–Trinajstić information content (AvgIpc) is 3.13. The van der Waals surface area contributed by atoms with Gasteiger partial charge in [0.25, 0.3) is 11.8 Å². The van der Waals surface area contributed by atoms with E-state index in [1.54, 1.807) is 48.5 Å². The molecule has 0 bridgehead atoms. The lowest BCUT2D eigenvalue weighted by Gasteiger charge is -2.17. The number of hydrogen-bond acceptors (Lipinski definition) is 4. The van der Waals surface area contributed by atoms with Crippen molar-refractivity contribution in [3.8, 4) is 11.5 Å². The zero-order valence-corrected chi connectivity index (χ0v) is 19.3. The van der Waals surface area contributed by atoms with Crippen LogP contribution in [0.2, 0.25) is 0 Å². The van der Waals surface area contributed by atoms with Gasteiger partial charge in [-0.25, -0.2) is 9.40 Å². The first-order valence-corrected chi connectivity index (χ1v) is 11.2. The molecule has 35 heavy (non-hydrogen) atoms. The fourth-order valence-electron chi connectivity index (χ4n) is 3.77. The molecular formula is C28H25FN2O4. The molecule has 0 saturated carbocycles. The van der Waals surface area contributed by atoms with Crippen molar-refractivity contribution in [3.05, 3.63) is 107 Å². The van der Waals surface area contributed by atoms with E-state index in [2.05, 4.69) is 12.0 Å². The van der Waals surface area contributed by atoms with Crippen LogP contribution < -0.4 is 19.9 Å². The van der Waals surface area contributed by atoms with Crippen LogP contribution in [0.15, 0.2) is 85.0 Å². The Kier molecular flexibility index (Phi) is 7.26. The maximum Gasteiger partial charge on any atom is 0.282 e. The molecule has 1 aliphatic rings. The summed E-state index contributed by atoms with van der Waals surface area (Å²) in [6.45, 7) is 6.19. The molecule has 1 saturated heterocycles. The van der Waals surface area contributed by atoms with Crippen molar-refractivity contribution in [1.29, 1.82) is 0 Å². The van der Waals surface area contributed by atoms with Gasteiger partial charge in [0.15, 0.2) is 11.5 Å². The highest BCUT2D eigenvalue weighted by atomic mass is 19.1. The highest BCUT2D eigenvalue weighted by Gasteiger charge is 2.34. The van der Waals surface area contributed by atoms with Crippen LogP contribution in [0.5, 0.6) is 11.5 Å². The Labute approximate surface area is 203 Å². The number of nitrogens with one attached hydrogen (secondary N) is 1. The molecule has 0 unspecified atom stereocenters. The van der Waals surface area contributed by atoms with Crippen molar-refractivity contribution in [3.63, 3.8) is 0 Å². The molecule has 2 amide bonds. The number of amides is 2. The van der Waals surface area contributed by atoms with Crippen molar-refractivity contribution in [1.82, 2.24) is 5.43 Å². The molecule has 0 spiro atoms. The molecule has 0 aliphatic carbocycles. The number of nitrogens with zero attached hydrogens (tertiary/aromatic N) is 1. The summed E-state index contributed by atoms with van der Waals surface area (Å²) in [4.78, 5) is 25.6. The van der Waals surface area contributed by atoms with Crippen LogP contribution in [0.1, 0.15) is 23.6 Å². The molecule has 1 N–H and O–H groups in total. The topological polar surface area (TPSA) is 67.9 Å². The Balaban J connectivity index is 1.67. The normalized spacial score (nSPS) is 14.2. The van der Waals surface area contributed by atoms with E-state index in [1.807, 2.05) is 19.1 Å². The van der Waals surface area contributed by atoms with Gasteiger partial charge in [0.05, 0.1) is 12.3 Å². The van der Waals surface area contributed by atoms with Crippen LogP contribution in [0, 0.1) is 5.82 Å². The Morgan fingerprint density at radius 2 is 1.83 bits per heavy atom. The first-order chi connectivity index (χ1) is 17.0. The van der Waals surface area contributed by atoms with Gasteiger partial charge in [-0.05, 0) is 66.9 Å². The fraction of sp³-hybridized carbons (Fsp3) is 0.143. The van der Waals surface area contributed by atoms with Crippen LogP contribution in [0.4, 0.5) is 10.1 Å². The van der Waals surface area contributed by atoms with Crippen LogP contribution in [0.3, 0.4) is 0 Å². The molecule has 3 aromatic rings. The summed E-state index contributed by atoms with van der Waals surface area (Å²) in [5.74, 6) is -0.315. The van der Waals surface area contributed by atoms with E-state index in [1.165, 1.54) is 23.2 Å². The molecule has 1 fully saturated rings. The van der Waals surface area contributed by atoms with Crippen molar-refractivity contribution in [2.45, 2.75) is 20.0 Å². The van der Waals surface area contributed by atoms with Gasteiger partial charge in [0.2, 0.25) is 0 Å². The van der Waals surface area contributed by atoms with Crippen LogP contribution >= 0.6 is 0 Å². The minimum Gasteiger partial charge on any atom is -0.490 e. The van der Waals surface area contributed by atoms with E-state index in [4.69, 9.17) is 9.47 Å². The van der Waals surface area contributed by atoms with Gasteiger partial charge in [-0.2, -0.15) is 0 Å². The summed E-state index contributed by atoms with van der Waals surface area (Å²) >= 11 is 0. The first-order valence-electron chi connectivity index (χ1n) is 11.2. The quantitative estimate of drug-likeness (QED) is 0.271. The molecular weight excluding hydrogens is 447 g/mol. The number of para-hydroxylation sites is 1. The number of ether oxygens (including phenoxy) is 2. The largest absolute Gasteiger partial charge is 0.490 e. The summed E-state index contributed by atoms with van der Waals surface area (Å²) < 4.78 is 25.4. The lowest BCUT2D eigenvalue weighted by molar-refractivity contribution is -0.117. The number of rotatable bonds is 9.